The van der Waals surface area contributed by atoms with E-state index in [1.54, 1.807) is 0 Å². The minimum atomic E-state index is 0.873. The van der Waals surface area contributed by atoms with Crippen LogP contribution in [0.3, 0.4) is 0 Å². The standard InChI is InChI=1S/C43H28N4/c1-2-16-32(17-3-1)45-27-25-37-38(45)24-23-36-35-19-6-7-21-39(35)47(42(36)37)43-44-41(40-22-8-9-26-46(40)43)31-15-10-14-30(28-31)34-20-11-13-29-12-4-5-18-33(29)34/h1-28H. The second kappa shape index (κ2) is 10.1. The van der Waals surface area contributed by atoms with Crippen LogP contribution in [-0.4, -0.2) is 18.5 Å². The molecule has 0 radical (unpaired) electrons. The van der Waals surface area contributed by atoms with Crippen LogP contribution in [0.15, 0.2) is 170 Å². The fraction of sp³-hybridized carbons (Fsp3) is 0. The molecule has 0 saturated carbocycles. The lowest BCUT2D eigenvalue weighted by molar-refractivity contribution is 0.986. The number of nitrogens with zero attached hydrogens (tertiary/aromatic N) is 4. The Morgan fingerprint density at radius 3 is 2.13 bits per heavy atom. The van der Waals surface area contributed by atoms with Gasteiger partial charge in [0.2, 0.25) is 5.95 Å². The van der Waals surface area contributed by atoms with E-state index in [1.807, 2.05) is 0 Å². The maximum Gasteiger partial charge on any atom is 0.220 e. The number of pyridine rings is 1. The van der Waals surface area contributed by atoms with Crippen molar-refractivity contribution in [2.24, 2.45) is 0 Å². The maximum atomic E-state index is 5.49. The first-order valence-electron chi connectivity index (χ1n) is 16.0. The Morgan fingerprint density at radius 2 is 1.19 bits per heavy atom. The van der Waals surface area contributed by atoms with E-state index in [4.69, 9.17) is 4.98 Å². The van der Waals surface area contributed by atoms with E-state index >= 15 is 0 Å². The number of fused-ring (bicyclic) bond motifs is 7. The van der Waals surface area contributed by atoms with Crippen LogP contribution in [0.5, 0.6) is 0 Å². The Morgan fingerprint density at radius 1 is 0.447 bits per heavy atom. The van der Waals surface area contributed by atoms with Crippen molar-refractivity contribution in [3.63, 3.8) is 0 Å². The van der Waals surface area contributed by atoms with E-state index in [9.17, 15) is 0 Å². The molecule has 0 atom stereocenters. The summed E-state index contributed by atoms with van der Waals surface area (Å²) < 4.78 is 6.86. The zero-order chi connectivity index (χ0) is 30.9. The molecule has 0 N–H and O–H groups in total. The minimum Gasteiger partial charge on any atom is -0.316 e. The van der Waals surface area contributed by atoms with Gasteiger partial charge < -0.3 is 4.57 Å². The topological polar surface area (TPSA) is 27.2 Å². The fourth-order valence-corrected chi connectivity index (χ4v) is 7.40. The van der Waals surface area contributed by atoms with Gasteiger partial charge in [-0.25, -0.2) is 4.98 Å². The molecular weight excluding hydrogens is 573 g/mol. The molecule has 0 aliphatic carbocycles. The third-order valence-electron chi connectivity index (χ3n) is 9.50. The zero-order valence-electron chi connectivity index (χ0n) is 25.5. The molecule has 0 aliphatic heterocycles. The van der Waals surface area contributed by atoms with Gasteiger partial charge in [0, 0.05) is 39.8 Å². The number of aromatic nitrogens is 4. The average Bonchev–Trinajstić information content (AvgIpc) is 3.84. The largest absolute Gasteiger partial charge is 0.316 e. The van der Waals surface area contributed by atoms with Crippen molar-refractivity contribution in [1.82, 2.24) is 18.5 Å². The summed E-state index contributed by atoms with van der Waals surface area (Å²) in [7, 11) is 0. The molecule has 4 heteroatoms. The highest BCUT2D eigenvalue weighted by Gasteiger charge is 2.22. The monoisotopic (exact) mass is 600 g/mol. The van der Waals surface area contributed by atoms with Gasteiger partial charge in [-0.3, -0.25) is 8.97 Å². The first-order valence-corrected chi connectivity index (χ1v) is 16.0. The van der Waals surface area contributed by atoms with E-state index in [1.165, 1.54) is 38.1 Å². The molecule has 10 rings (SSSR count). The van der Waals surface area contributed by atoms with Crippen molar-refractivity contribution in [1.29, 1.82) is 0 Å². The number of rotatable bonds is 4. The normalized spacial score (nSPS) is 11.8. The van der Waals surface area contributed by atoms with Crippen molar-refractivity contribution in [3.05, 3.63) is 170 Å². The van der Waals surface area contributed by atoms with Gasteiger partial charge in [-0.2, -0.15) is 0 Å². The van der Waals surface area contributed by atoms with E-state index < -0.39 is 0 Å². The Hall–Kier alpha value is -6.39. The predicted octanol–water partition coefficient (Wildman–Crippen LogP) is 10.9. The highest BCUT2D eigenvalue weighted by atomic mass is 15.2. The molecule has 220 valence electrons. The minimum absolute atomic E-state index is 0.873. The molecule has 4 aromatic heterocycles. The summed E-state index contributed by atoms with van der Waals surface area (Å²) in [6, 6.07) is 56.3. The number of hydrogen-bond acceptors (Lipinski definition) is 1. The van der Waals surface area contributed by atoms with Crippen LogP contribution in [0.25, 0.3) is 83.0 Å². The molecule has 0 saturated heterocycles. The summed E-state index contributed by atoms with van der Waals surface area (Å²) in [5, 5.41) is 6.10. The third kappa shape index (κ3) is 3.85. The Labute approximate surface area is 271 Å². The number of benzene rings is 6. The molecule has 0 bridgehead atoms. The van der Waals surface area contributed by atoms with Crippen LogP contribution in [0.4, 0.5) is 0 Å². The van der Waals surface area contributed by atoms with Gasteiger partial charge in [-0.15, -0.1) is 0 Å². The summed E-state index contributed by atoms with van der Waals surface area (Å²) in [4.78, 5) is 5.49. The second-order valence-electron chi connectivity index (χ2n) is 12.1. The second-order valence-corrected chi connectivity index (χ2v) is 12.1. The smallest absolute Gasteiger partial charge is 0.220 e. The highest BCUT2D eigenvalue weighted by Crippen LogP contribution is 2.39. The molecule has 0 amide bonds. The summed E-state index contributed by atoms with van der Waals surface area (Å²) in [5.74, 6) is 0.873. The summed E-state index contributed by atoms with van der Waals surface area (Å²) >= 11 is 0. The van der Waals surface area contributed by atoms with E-state index in [-0.39, 0.29) is 0 Å². The molecule has 4 heterocycles. The number of para-hydroxylation sites is 2. The van der Waals surface area contributed by atoms with Crippen LogP contribution in [0.2, 0.25) is 0 Å². The lowest BCUT2D eigenvalue weighted by Gasteiger charge is -2.09. The Kier molecular flexibility index (Phi) is 5.54. The van der Waals surface area contributed by atoms with Crippen LogP contribution in [0.1, 0.15) is 0 Å². The first-order chi connectivity index (χ1) is 23.3. The lowest BCUT2D eigenvalue weighted by atomic mass is 9.96. The van der Waals surface area contributed by atoms with Crippen molar-refractivity contribution in [3.8, 4) is 34.0 Å². The maximum absolute atomic E-state index is 5.49. The molecule has 4 nitrogen and oxygen atoms in total. The van der Waals surface area contributed by atoms with Crippen molar-refractivity contribution >= 4 is 49.0 Å². The van der Waals surface area contributed by atoms with Crippen molar-refractivity contribution in [2.45, 2.75) is 0 Å². The highest BCUT2D eigenvalue weighted by molar-refractivity contribution is 6.18. The van der Waals surface area contributed by atoms with Crippen LogP contribution in [0, 0.1) is 0 Å². The number of hydrogen-bond donors (Lipinski definition) is 0. The van der Waals surface area contributed by atoms with Gasteiger partial charge in [0.1, 0.15) is 0 Å². The summed E-state index contributed by atoms with van der Waals surface area (Å²) in [5.41, 5.74) is 10.1. The van der Waals surface area contributed by atoms with E-state index in [0.29, 0.717) is 0 Å². The van der Waals surface area contributed by atoms with E-state index in [2.05, 4.69) is 184 Å². The zero-order valence-corrected chi connectivity index (χ0v) is 25.5. The van der Waals surface area contributed by atoms with Gasteiger partial charge in [0.25, 0.3) is 0 Å². The van der Waals surface area contributed by atoms with Gasteiger partial charge in [0.15, 0.2) is 0 Å². The predicted molar refractivity (Wildman–Crippen MR) is 195 cm³/mol. The van der Waals surface area contributed by atoms with Crippen molar-refractivity contribution < 1.29 is 0 Å². The molecule has 47 heavy (non-hydrogen) atoms. The van der Waals surface area contributed by atoms with Crippen LogP contribution >= 0.6 is 0 Å². The van der Waals surface area contributed by atoms with Gasteiger partial charge in [-0.1, -0.05) is 109 Å². The van der Waals surface area contributed by atoms with E-state index in [0.717, 1.165) is 45.0 Å². The molecule has 0 fully saturated rings. The molecule has 0 spiro atoms. The molecule has 0 unspecified atom stereocenters. The van der Waals surface area contributed by atoms with Crippen LogP contribution in [-0.2, 0) is 0 Å². The Balaban J connectivity index is 1.24. The third-order valence-corrected chi connectivity index (χ3v) is 9.50. The van der Waals surface area contributed by atoms with Gasteiger partial charge in [-0.05, 0) is 70.4 Å². The summed E-state index contributed by atoms with van der Waals surface area (Å²) in [6.07, 6.45) is 4.31. The quantitative estimate of drug-likeness (QED) is 0.197. The van der Waals surface area contributed by atoms with Gasteiger partial charge in [0.05, 0.1) is 27.8 Å². The average molecular weight is 601 g/mol. The van der Waals surface area contributed by atoms with Crippen molar-refractivity contribution in [2.75, 3.05) is 0 Å². The molecule has 10 aromatic rings. The fourth-order valence-electron chi connectivity index (χ4n) is 7.40. The van der Waals surface area contributed by atoms with Gasteiger partial charge >= 0.3 is 0 Å². The molecular formula is C43H28N4. The number of imidazole rings is 1. The Bertz CT molecular complexity index is 2790. The SMILES string of the molecule is c1ccc(-n2ccc3c2ccc2c4ccccc4n(-c4nc(-c5cccc(-c6cccc7ccccc67)c5)c5ccccn45)c23)cc1. The van der Waals surface area contributed by atoms with Crippen LogP contribution < -0.4 is 0 Å². The summed E-state index contributed by atoms with van der Waals surface area (Å²) in [6.45, 7) is 0. The first kappa shape index (κ1) is 25.9. The lowest BCUT2D eigenvalue weighted by Crippen LogP contribution is -2.01. The molecule has 6 aromatic carbocycles. The molecule has 0 aliphatic rings.